The molecule has 0 bridgehead atoms. The number of aliphatic hydroxyl groups is 1. The van der Waals surface area contributed by atoms with Gasteiger partial charge in [0.05, 0.1) is 17.8 Å². The quantitative estimate of drug-likeness (QED) is 0.724. The van der Waals surface area contributed by atoms with Gasteiger partial charge in [0.15, 0.2) is 6.10 Å². The molecule has 1 heterocycles. The molecule has 0 aliphatic heterocycles. The summed E-state index contributed by atoms with van der Waals surface area (Å²) in [5.41, 5.74) is -0.0436. The van der Waals surface area contributed by atoms with E-state index < -0.39 is 24.5 Å². The zero-order valence-corrected chi connectivity index (χ0v) is 11.2. The Hall–Kier alpha value is -1.73. The molecule has 0 saturated carbocycles. The molecule has 1 amide bonds. The number of halogens is 1. The van der Waals surface area contributed by atoms with E-state index >= 15 is 0 Å². The minimum absolute atomic E-state index is 0.0217. The molecule has 0 aliphatic carbocycles. The summed E-state index contributed by atoms with van der Waals surface area (Å²) in [6, 6.07) is 0. The Kier molecular flexibility index (Phi) is 5.20. The first-order valence-electron chi connectivity index (χ1n) is 5.54. The van der Waals surface area contributed by atoms with Crippen LogP contribution in [0.4, 0.5) is 0 Å². The first-order chi connectivity index (χ1) is 8.82. The second-order valence-corrected chi connectivity index (χ2v) is 4.55. The van der Waals surface area contributed by atoms with Crippen molar-refractivity contribution in [2.24, 2.45) is 0 Å². The molecule has 0 saturated heterocycles. The van der Waals surface area contributed by atoms with Gasteiger partial charge in [0.25, 0.3) is 5.91 Å². The molecule has 1 aromatic heterocycles. The zero-order chi connectivity index (χ0) is 14.6. The lowest BCUT2D eigenvalue weighted by atomic mass is 10.2. The molecule has 1 aromatic rings. The van der Waals surface area contributed by atoms with Crippen molar-refractivity contribution in [3.05, 3.63) is 22.7 Å². The van der Waals surface area contributed by atoms with Gasteiger partial charge in [-0.25, -0.2) is 14.8 Å². The molecule has 7 nitrogen and oxygen atoms in total. The Labute approximate surface area is 114 Å². The molecule has 0 spiro atoms. The summed E-state index contributed by atoms with van der Waals surface area (Å²) in [5, 5.41) is 19.8. The predicted molar refractivity (Wildman–Crippen MR) is 67.1 cm³/mol. The van der Waals surface area contributed by atoms with Gasteiger partial charge < -0.3 is 15.5 Å². The largest absolute Gasteiger partial charge is 0.479 e. The van der Waals surface area contributed by atoms with Crippen LogP contribution in [0.2, 0.25) is 5.02 Å². The van der Waals surface area contributed by atoms with Crippen LogP contribution < -0.4 is 5.32 Å². The molecule has 0 fully saturated rings. The van der Waals surface area contributed by atoms with Crippen molar-refractivity contribution in [3.63, 3.8) is 0 Å². The Morgan fingerprint density at radius 1 is 1.47 bits per heavy atom. The number of nitrogens with one attached hydrogen (secondary N) is 1. The lowest BCUT2D eigenvalue weighted by molar-refractivity contribution is -0.146. The molecule has 0 unspecified atom stereocenters. The third-order valence-electron chi connectivity index (χ3n) is 2.24. The molecule has 19 heavy (non-hydrogen) atoms. The summed E-state index contributed by atoms with van der Waals surface area (Å²) >= 11 is 5.81. The van der Waals surface area contributed by atoms with Crippen LogP contribution in [0.5, 0.6) is 0 Å². The molecular weight excluding hydrogens is 274 g/mol. The number of aromatic nitrogens is 2. The van der Waals surface area contributed by atoms with Crippen molar-refractivity contribution < 1.29 is 19.8 Å². The van der Waals surface area contributed by atoms with Gasteiger partial charge in [-0.2, -0.15) is 0 Å². The maximum absolute atomic E-state index is 11.8. The smallest absolute Gasteiger partial charge is 0.334 e. The van der Waals surface area contributed by atoms with Crippen molar-refractivity contribution in [1.82, 2.24) is 15.3 Å². The van der Waals surface area contributed by atoms with Gasteiger partial charge in [0.1, 0.15) is 11.5 Å². The maximum atomic E-state index is 11.8. The number of nitrogens with zero attached hydrogens (tertiary/aromatic N) is 2. The van der Waals surface area contributed by atoms with E-state index in [1.807, 2.05) is 13.8 Å². The van der Waals surface area contributed by atoms with Crippen molar-refractivity contribution in [2.75, 3.05) is 6.54 Å². The highest BCUT2D eigenvalue weighted by molar-refractivity contribution is 6.33. The summed E-state index contributed by atoms with van der Waals surface area (Å²) in [6.45, 7) is 3.30. The van der Waals surface area contributed by atoms with Gasteiger partial charge in [0, 0.05) is 5.92 Å². The minimum Gasteiger partial charge on any atom is -0.479 e. The van der Waals surface area contributed by atoms with E-state index in [4.69, 9.17) is 21.8 Å². The fourth-order valence-electron chi connectivity index (χ4n) is 1.18. The summed E-state index contributed by atoms with van der Waals surface area (Å²) in [5.74, 6) is -1.60. The molecule has 1 atom stereocenters. The van der Waals surface area contributed by atoms with Gasteiger partial charge >= 0.3 is 5.97 Å². The van der Waals surface area contributed by atoms with Crippen LogP contribution >= 0.6 is 11.6 Å². The number of aliphatic carboxylic acids is 1. The lowest BCUT2D eigenvalue weighted by Crippen LogP contribution is -2.37. The molecule has 3 N–H and O–H groups in total. The van der Waals surface area contributed by atoms with E-state index in [1.165, 1.54) is 6.20 Å². The monoisotopic (exact) mass is 287 g/mol. The van der Waals surface area contributed by atoms with Gasteiger partial charge in [-0.1, -0.05) is 25.4 Å². The van der Waals surface area contributed by atoms with E-state index in [-0.39, 0.29) is 16.6 Å². The zero-order valence-electron chi connectivity index (χ0n) is 10.4. The fraction of sp³-hybridized carbons (Fsp3) is 0.455. The van der Waals surface area contributed by atoms with Crippen molar-refractivity contribution >= 4 is 23.5 Å². The summed E-state index contributed by atoms with van der Waals surface area (Å²) in [6.07, 6.45) is -0.360. The van der Waals surface area contributed by atoms with E-state index in [0.717, 1.165) is 0 Å². The second-order valence-electron chi connectivity index (χ2n) is 4.14. The second kappa shape index (κ2) is 6.44. The number of hydrogen-bond donors (Lipinski definition) is 3. The third-order valence-corrected chi connectivity index (χ3v) is 2.51. The van der Waals surface area contributed by atoms with Crippen LogP contribution in [-0.4, -0.2) is 44.7 Å². The van der Waals surface area contributed by atoms with Crippen LogP contribution in [0.25, 0.3) is 0 Å². The Morgan fingerprint density at radius 2 is 2.11 bits per heavy atom. The van der Waals surface area contributed by atoms with Gasteiger partial charge in [0.2, 0.25) is 0 Å². The topological polar surface area (TPSA) is 112 Å². The van der Waals surface area contributed by atoms with E-state index in [1.54, 1.807) is 0 Å². The number of carboxylic acid groups (broad SMARTS) is 1. The highest BCUT2D eigenvalue weighted by atomic mass is 35.5. The summed E-state index contributed by atoms with van der Waals surface area (Å²) in [4.78, 5) is 30.2. The first-order valence-corrected chi connectivity index (χ1v) is 5.92. The number of rotatable bonds is 5. The van der Waals surface area contributed by atoms with Crippen molar-refractivity contribution in [2.45, 2.75) is 25.9 Å². The first kappa shape index (κ1) is 15.3. The molecule has 8 heteroatoms. The number of amides is 1. The molecule has 0 aliphatic rings. The number of aliphatic hydroxyl groups excluding tert-OH is 1. The van der Waals surface area contributed by atoms with Crippen LogP contribution in [0.15, 0.2) is 6.20 Å². The number of carbonyl (C=O) groups is 2. The van der Waals surface area contributed by atoms with Crippen LogP contribution in [0, 0.1) is 0 Å². The van der Waals surface area contributed by atoms with Crippen molar-refractivity contribution in [3.8, 4) is 0 Å². The Balaban J connectivity index is 2.81. The number of carboxylic acids is 1. The fourth-order valence-corrected chi connectivity index (χ4v) is 1.36. The number of hydrogen-bond acceptors (Lipinski definition) is 5. The SMILES string of the molecule is CC(C)c1ncc(Cl)c(C(=O)NC[C@H](O)C(=O)O)n1. The highest BCUT2D eigenvalue weighted by Gasteiger charge is 2.18. The predicted octanol–water partition coefficient (Wildman–Crippen LogP) is 0.429. The Morgan fingerprint density at radius 3 is 2.63 bits per heavy atom. The molecule has 104 valence electrons. The summed E-state index contributed by atoms with van der Waals surface area (Å²) < 4.78 is 0. The standard InChI is InChI=1S/C11H14ClN3O4/c1-5(2)9-13-3-6(12)8(15-9)10(17)14-4-7(16)11(18)19/h3,5,7,16H,4H2,1-2H3,(H,14,17)(H,18,19)/t7-/m0/s1. The molecule has 0 aromatic carbocycles. The van der Waals surface area contributed by atoms with Gasteiger partial charge in [-0.15, -0.1) is 0 Å². The van der Waals surface area contributed by atoms with Crippen LogP contribution in [-0.2, 0) is 4.79 Å². The van der Waals surface area contributed by atoms with Crippen molar-refractivity contribution in [1.29, 1.82) is 0 Å². The van der Waals surface area contributed by atoms with E-state index in [9.17, 15) is 9.59 Å². The minimum atomic E-state index is -1.67. The summed E-state index contributed by atoms with van der Waals surface area (Å²) in [7, 11) is 0. The third kappa shape index (κ3) is 4.15. The van der Waals surface area contributed by atoms with Crippen LogP contribution in [0.3, 0.4) is 0 Å². The molecule has 1 rings (SSSR count). The molecule has 0 radical (unpaired) electrons. The average Bonchev–Trinajstić information content (AvgIpc) is 2.35. The number of carbonyl (C=O) groups excluding carboxylic acids is 1. The molecular formula is C11H14ClN3O4. The Bertz CT molecular complexity index is 493. The van der Waals surface area contributed by atoms with Crippen LogP contribution in [0.1, 0.15) is 36.1 Å². The van der Waals surface area contributed by atoms with E-state index in [2.05, 4.69) is 15.3 Å². The lowest BCUT2D eigenvalue weighted by Gasteiger charge is -2.10. The van der Waals surface area contributed by atoms with E-state index in [0.29, 0.717) is 5.82 Å². The normalized spacial score (nSPS) is 12.3. The maximum Gasteiger partial charge on any atom is 0.334 e. The van der Waals surface area contributed by atoms with Gasteiger partial charge in [-0.3, -0.25) is 4.79 Å². The highest BCUT2D eigenvalue weighted by Crippen LogP contribution is 2.16. The average molecular weight is 288 g/mol. The van der Waals surface area contributed by atoms with Gasteiger partial charge in [-0.05, 0) is 0 Å².